The minimum atomic E-state index is 0.935. The zero-order chi connectivity index (χ0) is 35.3. The first-order valence-electron chi connectivity index (χ1n) is 18.5. The van der Waals surface area contributed by atoms with Gasteiger partial charge in [0.25, 0.3) is 0 Å². The van der Waals surface area contributed by atoms with E-state index >= 15 is 0 Å². The quantitative estimate of drug-likeness (QED) is 0.167. The van der Waals surface area contributed by atoms with Crippen LogP contribution < -0.4 is 0 Å². The Labute approximate surface area is 314 Å². The first-order valence-corrected chi connectivity index (χ1v) is 19.3. The van der Waals surface area contributed by atoms with Gasteiger partial charge in [0, 0.05) is 30.9 Å². The van der Waals surface area contributed by atoms with Crippen LogP contribution in [-0.4, -0.2) is 0 Å². The summed E-state index contributed by atoms with van der Waals surface area (Å²) in [4.78, 5) is 0. The van der Waals surface area contributed by atoms with Gasteiger partial charge in [0.1, 0.15) is 11.2 Å². The average Bonchev–Trinajstić information content (AvgIpc) is 3.77. The Balaban J connectivity index is 0.990. The van der Waals surface area contributed by atoms with E-state index in [1.54, 1.807) is 0 Å². The number of furan rings is 1. The number of hydrogen-bond acceptors (Lipinski definition) is 2. The van der Waals surface area contributed by atoms with Crippen molar-refractivity contribution in [3.8, 4) is 33.4 Å². The Morgan fingerprint density at radius 2 is 0.870 bits per heavy atom. The molecule has 0 fully saturated rings. The lowest BCUT2D eigenvalue weighted by molar-refractivity contribution is 0.669. The van der Waals surface area contributed by atoms with Crippen LogP contribution in [0.25, 0.3) is 119 Å². The first kappa shape index (κ1) is 29.8. The van der Waals surface area contributed by atoms with Crippen molar-refractivity contribution in [3.05, 3.63) is 182 Å². The van der Waals surface area contributed by atoms with E-state index in [1.807, 2.05) is 23.5 Å². The van der Waals surface area contributed by atoms with Gasteiger partial charge in [-0.3, -0.25) is 0 Å². The second kappa shape index (κ2) is 11.4. The predicted octanol–water partition coefficient (Wildman–Crippen LogP) is 15.6. The molecule has 12 rings (SSSR count). The summed E-state index contributed by atoms with van der Waals surface area (Å²) < 4.78 is 8.86. The van der Waals surface area contributed by atoms with Crippen molar-refractivity contribution >= 4 is 96.5 Å². The normalized spacial score (nSPS) is 12.1. The molecule has 250 valence electrons. The van der Waals surface area contributed by atoms with Crippen LogP contribution in [0.3, 0.4) is 0 Å². The Morgan fingerprint density at radius 1 is 0.296 bits per heavy atom. The third kappa shape index (κ3) is 4.38. The summed E-state index contributed by atoms with van der Waals surface area (Å²) in [5, 5.41) is 15.0. The molecule has 2 aromatic heterocycles. The zero-order valence-corrected chi connectivity index (χ0v) is 30.0. The second-order valence-corrected chi connectivity index (χ2v) is 15.5. The van der Waals surface area contributed by atoms with Crippen molar-refractivity contribution in [2.75, 3.05) is 0 Å². The summed E-state index contributed by atoms with van der Waals surface area (Å²) in [5.74, 6) is 0. The van der Waals surface area contributed by atoms with Crippen LogP contribution in [0.15, 0.2) is 186 Å². The number of hydrogen-bond donors (Lipinski definition) is 0. The molecule has 0 saturated heterocycles. The van der Waals surface area contributed by atoms with Gasteiger partial charge in [-0.15, -0.1) is 11.3 Å². The van der Waals surface area contributed by atoms with E-state index in [9.17, 15) is 0 Å². The SMILES string of the molecule is c1ccc2c(-c3c4ccccc4c(-c4ccc(-c5ccc6sc7cc8cc9c(cc8cc7c6c5)oc5ccccc59)cc4)c4ccccc34)cccc2c1. The molecule has 2 heterocycles. The number of para-hydroxylation sites is 1. The van der Waals surface area contributed by atoms with Crippen molar-refractivity contribution in [2.45, 2.75) is 0 Å². The Bertz CT molecular complexity index is 3430. The molecule has 0 N–H and O–H groups in total. The average molecular weight is 703 g/mol. The van der Waals surface area contributed by atoms with Gasteiger partial charge >= 0.3 is 0 Å². The summed E-state index contributed by atoms with van der Waals surface area (Å²) >= 11 is 1.87. The molecule has 0 aliphatic rings. The molecule has 0 spiro atoms. The van der Waals surface area contributed by atoms with Crippen LogP contribution in [0.5, 0.6) is 0 Å². The highest BCUT2D eigenvalue weighted by Crippen LogP contribution is 2.46. The van der Waals surface area contributed by atoms with E-state index in [4.69, 9.17) is 4.42 Å². The summed E-state index contributed by atoms with van der Waals surface area (Å²) in [6.45, 7) is 0. The number of rotatable bonds is 3. The maximum absolute atomic E-state index is 6.25. The molecular formula is C52H30OS. The van der Waals surface area contributed by atoms with Gasteiger partial charge in [-0.25, -0.2) is 0 Å². The molecule has 0 aliphatic heterocycles. The fourth-order valence-electron chi connectivity index (χ4n) is 8.92. The Kier molecular flexibility index (Phi) is 6.28. The van der Waals surface area contributed by atoms with Crippen LogP contribution in [0.2, 0.25) is 0 Å². The predicted molar refractivity (Wildman–Crippen MR) is 233 cm³/mol. The monoisotopic (exact) mass is 702 g/mol. The highest BCUT2D eigenvalue weighted by Gasteiger charge is 2.18. The van der Waals surface area contributed by atoms with Gasteiger partial charge in [0.15, 0.2) is 0 Å². The van der Waals surface area contributed by atoms with E-state index < -0.39 is 0 Å². The van der Waals surface area contributed by atoms with Crippen LogP contribution >= 0.6 is 11.3 Å². The molecule has 12 aromatic rings. The smallest absolute Gasteiger partial charge is 0.136 e. The van der Waals surface area contributed by atoms with Crippen LogP contribution in [-0.2, 0) is 0 Å². The molecule has 0 saturated carbocycles. The number of fused-ring (bicyclic) bond motifs is 10. The molecule has 0 radical (unpaired) electrons. The molecular weight excluding hydrogens is 673 g/mol. The lowest BCUT2D eigenvalue weighted by Gasteiger charge is -2.19. The van der Waals surface area contributed by atoms with E-state index in [-0.39, 0.29) is 0 Å². The molecule has 0 atom stereocenters. The standard InChI is InChI=1S/C52H30OS/c1-2-12-37-32(10-1)11-9-18-39(37)52-42-16-5-3-14-40(42)51(41-15-4-6-17-43(41)52)33-22-20-31(21-23-33)34-24-25-49-45(26-34)46-28-35-29-48-44(27-36(35)30-50(46)54-49)38-13-7-8-19-47(38)53-48/h1-30H. The molecule has 1 nitrogen and oxygen atoms in total. The van der Waals surface area contributed by atoms with Crippen molar-refractivity contribution < 1.29 is 4.42 Å². The molecule has 10 aromatic carbocycles. The minimum absolute atomic E-state index is 0.935. The Morgan fingerprint density at radius 3 is 1.65 bits per heavy atom. The van der Waals surface area contributed by atoms with E-state index in [2.05, 4.69) is 170 Å². The number of benzene rings is 10. The summed E-state index contributed by atoms with van der Waals surface area (Å²) in [5.41, 5.74) is 9.38. The zero-order valence-electron chi connectivity index (χ0n) is 29.1. The Hall–Kier alpha value is -6.74. The molecule has 0 amide bonds. The van der Waals surface area contributed by atoms with Crippen LogP contribution in [0.4, 0.5) is 0 Å². The maximum Gasteiger partial charge on any atom is 0.136 e. The first-order chi connectivity index (χ1) is 26.7. The summed E-state index contributed by atoms with van der Waals surface area (Å²) in [6, 6.07) is 66.9. The van der Waals surface area contributed by atoms with Gasteiger partial charge < -0.3 is 4.42 Å². The molecule has 0 unspecified atom stereocenters. The maximum atomic E-state index is 6.25. The van der Waals surface area contributed by atoms with Crippen molar-refractivity contribution in [3.63, 3.8) is 0 Å². The fraction of sp³-hybridized carbons (Fsp3) is 0. The fourth-order valence-corrected chi connectivity index (χ4v) is 10.0. The third-order valence-electron chi connectivity index (χ3n) is 11.4. The summed E-state index contributed by atoms with van der Waals surface area (Å²) in [6.07, 6.45) is 0. The lowest BCUT2D eigenvalue weighted by Crippen LogP contribution is -1.91. The van der Waals surface area contributed by atoms with Crippen molar-refractivity contribution in [2.24, 2.45) is 0 Å². The highest BCUT2D eigenvalue weighted by molar-refractivity contribution is 7.25. The van der Waals surface area contributed by atoms with Gasteiger partial charge in [-0.2, -0.15) is 0 Å². The van der Waals surface area contributed by atoms with Crippen molar-refractivity contribution in [1.82, 2.24) is 0 Å². The third-order valence-corrected chi connectivity index (χ3v) is 12.6. The topological polar surface area (TPSA) is 13.1 Å². The largest absolute Gasteiger partial charge is 0.456 e. The minimum Gasteiger partial charge on any atom is -0.456 e. The number of thiophene rings is 1. The lowest BCUT2D eigenvalue weighted by atomic mass is 9.84. The van der Waals surface area contributed by atoms with E-state index in [0.717, 1.165) is 11.2 Å². The van der Waals surface area contributed by atoms with Gasteiger partial charge in [0.05, 0.1) is 0 Å². The molecule has 0 bridgehead atoms. The second-order valence-electron chi connectivity index (χ2n) is 14.4. The van der Waals surface area contributed by atoms with Gasteiger partial charge in [0.2, 0.25) is 0 Å². The van der Waals surface area contributed by atoms with Crippen molar-refractivity contribution in [1.29, 1.82) is 0 Å². The summed E-state index contributed by atoms with van der Waals surface area (Å²) in [7, 11) is 0. The van der Waals surface area contributed by atoms with Gasteiger partial charge in [-0.1, -0.05) is 140 Å². The van der Waals surface area contributed by atoms with E-state index in [1.165, 1.54) is 107 Å². The molecule has 54 heavy (non-hydrogen) atoms. The van der Waals surface area contributed by atoms with E-state index in [0.29, 0.717) is 0 Å². The highest BCUT2D eigenvalue weighted by atomic mass is 32.1. The van der Waals surface area contributed by atoms with Gasteiger partial charge in [-0.05, 0) is 119 Å². The van der Waals surface area contributed by atoms with Crippen LogP contribution in [0, 0.1) is 0 Å². The molecule has 2 heteroatoms. The molecule has 0 aliphatic carbocycles. The van der Waals surface area contributed by atoms with Crippen LogP contribution in [0.1, 0.15) is 0 Å².